The van der Waals surface area contributed by atoms with Crippen molar-refractivity contribution in [3.63, 3.8) is 0 Å². The van der Waals surface area contributed by atoms with Crippen LogP contribution in [0.5, 0.6) is 0 Å². The van der Waals surface area contributed by atoms with Crippen molar-refractivity contribution in [1.82, 2.24) is 34.8 Å². The number of hydrogen-bond acceptors (Lipinski definition) is 6. The number of anilines is 1. The third-order valence-electron chi connectivity index (χ3n) is 3.84. The molecule has 0 fully saturated rings. The Morgan fingerprint density at radius 1 is 1.15 bits per heavy atom. The quantitative estimate of drug-likeness (QED) is 0.635. The van der Waals surface area contributed by atoms with Crippen molar-refractivity contribution in [3.8, 4) is 0 Å². The molecule has 0 atom stereocenters. The van der Waals surface area contributed by atoms with E-state index in [0.717, 1.165) is 37.0 Å². The molecule has 3 aromatic rings. The third-order valence-corrected chi connectivity index (χ3v) is 3.84. The van der Waals surface area contributed by atoms with E-state index in [1.807, 2.05) is 12.1 Å². The molecular weight excluding hydrogens is 256 g/mol. The highest BCUT2D eigenvalue weighted by Gasteiger charge is 2.21. The number of aromatic nitrogens is 7. The molecule has 20 heavy (non-hydrogen) atoms. The van der Waals surface area contributed by atoms with Gasteiger partial charge in [0.2, 0.25) is 0 Å². The van der Waals surface area contributed by atoms with Gasteiger partial charge >= 0.3 is 0 Å². The predicted molar refractivity (Wildman–Crippen MR) is 71.3 cm³/mol. The Kier molecular flexibility index (Phi) is 2.26. The van der Waals surface area contributed by atoms with Crippen molar-refractivity contribution >= 4 is 11.5 Å². The normalized spacial score (nSPS) is 14.8. The van der Waals surface area contributed by atoms with E-state index in [1.165, 1.54) is 10.3 Å². The molecule has 1 aliphatic rings. The van der Waals surface area contributed by atoms with Gasteiger partial charge in [0.1, 0.15) is 5.82 Å². The first-order valence-corrected chi connectivity index (χ1v) is 6.55. The lowest BCUT2D eigenvalue weighted by Gasteiger charge is -2.28. The van der Waals surface area contributed by atoms with E-state index in [0.29, 0.717) is 5.65 Å². The molecule has 4 rings (SSSR count). The predicted octanol–water partition coefficient (Wildman–Crippen LogP) is 0.353. The molecule has 0 aromatic carbocycles. The van der Waals surface area contributed by atoms with Crippen LogP contribution in [-0.2, 0) is 13.1 Å². The molecule has 0 amide bonds. The molecule has 8 nitrogen and oxygen atoms in total. The molecule has 0 bridgehead atoms. The standard InChI is InChI=1S/C12H14N8/c1-8-9(2)19-6-5-18(7-12(19)13-8)11-4-3-10-14-16-17-20(10)15-11/h3-4H,5-7H2,1-2H3. The van der Waals surface area contributed by atoms with Gasteiger partial charge in [0.15, 0.2) is 11.5 Å². The molecule has 0 N–H and O–H groups in total. The second kappa shape index (κ2) is 3.99. The van der Waals surface area contributed by atoms with E-state index in [-0.39, 0.29) is 0 Å². The third kappa shape index (κ3) is 1.57. The van der Waals surface area contributed by atoms with Crippen molar-refractivity contribution in [2.24, 2.45) is 0 Å². The van der Waals surface area contributed by atoms with Crippen LogP contribution in [-0.4, -0.2) is 41.4 Å². The largest absolute Gasteiger partial charge is 0.346 e. The lowest BCUT2D eigenvalue weighted by Crippen LogP contribution is -2.35. The Balaban J connectivity index is 1.70. The molecule has 0 aliphatic carbocycles. The molecule has 0 unspecified atom stereocenters. The molecule has 4 heterocycles. The summed E-state index contributed by atoms with van der Waals surface area (Å²) in [6.45, 7) is 6.76. The summed E-state index contributed by atoms with van der Waals surface area (Å²) in [5.41, 5.74) is 3.01. The zero-order valence-electron chi connectivity index (χ0n) is 11.4. The number of nitrogens with zero attached hydrogens (tertiary/aromatic N) is 8. The zero-order valence-corrected chi connectivity index (χ0v) is 11.4. The summed E-state index contributed by atoms with van der Waals surface area (Å²) >= 11 is 0. The molecule has 1 aliphatic heterocycles. The number of tetrazole rings is 1. The summed E-state index contributed by atoms with van der Waals surface area (Å²) in [7, 11) is 0. The Morgan fingerprint density at radius 3 is 2.95 bits per heavy atom. The number of hydrogen-bond donors (Lipinski definition) is 0. The summed E-state index contributed by atoms with van der Waals surface area (Å²) in [4.78, 5) is 6.82. The minimum Gasteiger partial charge on any atom is -0.346 e. The first-order chi connectivity index (χ1) is 9.72. The SMILES string of the molecule is Cc1nc2n(c1C)CCN(c1ccc3nnnn3n1)C2. The van der Waals surface area contributed by atoms with E-state index < -0.39 is 0 Å². The molecule has 0 saturated carbocycles. The maximum Gasteiger partial charge on any atom is 0.200 e. The van der Waals surface area contributed by atoms with E-state index in [2.05, 4.69) is 48.9 Å². The highest BCUT2D eigenvalue weighted by atomic mass is 15.6. The van der Waals surface area contributed by atoms with Gasteiger partial charge in [-0.3, -0.25) is 0 Å². The summed E-state index contributed by atoms with van der Waals surface area (Å²) in [5, 5.41) is 15.7. The number of imidazole rings is 1. The summed E-state index contributed by atoms with van der Waals surface area (Å²) in [6.07, 6.45) is 0. The van der Waals surface area contributed by atoms with Crippen LogP contribution in [0.4, 0.5) is 5.82 Å². The fourth-order valence-electron chi connectivity index (χ4n) is 2.62. The van der Waals surface area contributed by atoms with Crippen LogP contribution in [0.3, 0.4) is 0 Å². The highest BCUT2D eigenvalue weighted by Crippen LogP contribution is 2.21. The van der Waals surface area contributed by atoms with Gasteiger partial charge in [-0.25, -0.2) is 4.98 Å². The zero-order chi connectivity index (χ0) is 13.7. The Labute approximate surface area is 115 Å². The Hall–Kier alpha value is -2.51. The second-order valence-corrected chi connectivity index (χ2v) is 4.99. The summed E-state index contributed by atoms with van der Waals surface area (Å²) in [5.74, 6) is 1.96. The topological polar surface area (TPSA) is 77.0 Å². The van der Waals surface area contributed by atoms with E-state index >= 15 is 0 Å². The van der Waals surface area contributed by atoms with Gasteiger partial charge in [-0.05, 0) is 36.4 Å². The van der Waals surface area contributed by atoms with Crippen LogP contribution in [0, 0.1) is 13.8 Å². The second-order valence-electron chi connectivity index (χ2n) is 4.99. The average Bonchev–Trinajstić information content (AvgIpc) is 3.03. The summed E-state index contributed by atoms with van der Waals surface area (Å²) in [6, 6.07) is 3.82. The fraction of sp³-hybridized carbons (Fsp3) is 0.417. The van der Waals surface area contributed by atoms with E-state index in [9.17, 15) is 0 Å². The van der Waals surface area contributed by atoms with Crippen molar-refractivity contribution < 1.29 is 0 Å². The Morgan fingerprint density at radius 2 is 2.05 bits per heavy atom. The maximum absolute atomic E-state index is 4.63. The number of rotatable bonds is 1. The van der Waals surface area contributed by atoms with Gasteiger partial charge in [-0.1, -0.05) is 0 Å². The minimum atomic E-state index is 0.652. The molecule has 8 heteroatoms. The van der Waals surface area contributed by atoms with Crippen LogP contribution in [0.2, 0.25) is 0 Å². The highest BCUT2D eigenvalue weighted by molar-refractivity contribution is 5.45. The van der Waals surface area contributed by atoms with Crippen LogP contribution in [0.15, 0.2) is 12.1 Å². The van der Waals surface area contributed by atoms with Gasteiger partial charge in [0.25, 0.3) is 0 Å². The summed E-state index contributed by atoms with van der Waals surface area (Å²) < 4.78 is 3.73. The van der Waals surface area contributed by atoms with Gasteiger partial charge in [0, 0.05) is 18.8 Å². The maximum atomic E-state index is 4.63. The van der Waals surface area contributed by atoms with Crippen LogP contribution in [0.1, 0.15) is 17.2 Å². The molecule has 3 aromatic heterocycles. The van der Waals surface area contributed by atoms with E-state index in [1.54, 1.807) is 0 Å². The van der Waals surface area contributed by atoms with Crippen LogP contribution < -0.4 is 4.90 Å². The van der Waals surface area contributed by atoms with Gasteiger partial charge < -0.3 is 9.47 Å². The molecular formula is C12H14N8. The molecule has 0 radical (unpaired) electrons. The van der Waals surface area contributed by atoms with Crippen molar-refractivity contribution in [2.45, 2.75) is 26.9 Å². The van der Waals surface area contributed by atoms with Crippen LogP contribution in [0.25, 0.3) is 5.65 Å². The lowest BCUT2D eigenvalue weighted by atomic mass is 10.3. The Bertz CT molecular complexity index is 786. The monoisotopic (exact) mass is 270 g/mol. The smallest absolute Gasteiger partial charge is 0.200 e. The number of aryl methyl sites for hydroxylation is 1. The van der Waals surface area contributed by atoms with Crippen molar-refractivity contribution in [1.29, 1.82) is 0 Å². The van der Waals surface area contributed by atoms with Gasteiger partial charge in [-0.15, -0.1) is 14.8 Å². The first kappa shape index (κ1) is 11.3. The van der Waals surface area contributed by atoms with E-state index in [4.69, 9.17) is 0 Å². The van der Waals surface area contributed by atoms with Gasteiger partial charge in [0.05, 0.1) is 12.2 Å². The number of fused-ring (bicyclic) bond motifs is 2. The van der Waals surface area contributed by atoms with Crippen LogP contribution >= 0.6 is 0 Å². The lowest BCUT2D eigenvalue weighted by molar-refractivity contribution is 0.543. The molecule has 0 saturated heterocycles. The first-order valence-electron chi connectivity index (χ1n) is 6.55. The molecule has 102 valence electrons. The fourth-order valence-corrected chi connectivity index (χ4v) is 2.62. The van der Waals surface area contributed by atoms with Crippen molar-refractivity contribution in [3.05, 3.63) is 29.3 Å². The minimum absolute atomic E-state index is 0.652. The van der Waals surface area contributed by atoms with Gasteiger partial charge in [-0.2, -0.15) is 0 Å². The van der Waals surface area contributed by atoms with Crippen molar-refractivity contribution in [2.75, 3.05) is 11.4 Å². The molecule has 0 spiro atoms. The average molecular weight is 270 g/mol.